The van der Waals surface area contributed by atoms with E-state index in [-0.39, 0.29) is 11.7 Å². The van der Waals surface area contributed by atoms with Crippen molar-refractivity contribution < 1.29 is 14.8 Å². The zero-order valence-corrected chi connectivity index (χ0v) is 14.3. The van der Waals surface area contributed by atoms with Gasteiger partial charge in [0.1, 0.15) is 0 Å². The molecular weight excluding hydrogens is 332 g/mol. The first-order valence-corrected chi connectivity index (χ1v) is 8.05. The van der Waals surface area contributed by atoms with Crippen LogP contribution in [0.2, 0.25) is 0 Å². The molecule has 0 aliphatic carbocycles. The summed E-state index contributed by atoms with van der Waals surface area (Å²) < 4.78 is 1.77. The molecule has 2 rings (SSSR count). The van der Waals surface area contributed by atoms with Gasteiger partial charge in [0, 0.05) is 28.8 Å². The Morgan fingerprint density at radius 3 is 2.58 bits per heavy atom. The molecule has 128 valence electrons. The number of nitro groups is 1. The van der Waals surface area contributed by atoms with Crippen LogP contribution >= 0.6 is 11.8 Å². The first-order chi connectivity index (χ1) is 11.3. The summed E-state index contributed by atoms with van der Waals surface area (Å²) in [5.74, 6) is 0. The molecule has 1 atom stereocenters. The van der Waals surface area contributed by atoms with Crippen LogP contribution in [0.1, 0.15) is 18.3 Å². The number of rotatable bonds is 6. The Morgan fingerprint density at radius 1 is 1.42 bits per heavy atom. The number of non-ortho nitro benzene ring substituents is 1. The van der Waals surface area contributed by atoms with Crippen molar-refractivity contribution in [2.45, 2.75) is 43.1 Å². The topological polar surface area (TPSA) is 110 Å². The maximum Gasteiger partial charge on any atom is 0.404 e. The highest BCUT2D eigenvalue weighted by molar-refractivity contribution is 7.99. The lowest BCUT2D eigenvalue weighted by atomic mass is 10.3. The Morgan fingerprint density at radius 2 is 2.04 bits per heavy atom. The molecule has 1 amide bonds. The predicted molar refractivity (Wildman–Crippen MR) is 89.5 cm³/mol. The van der Waals surface area contributed by atoms with E-state index >= 15 is 0 Å². The highest BCUT2D eigenvalue weighted by Crippen LogP contribution is 2.33. The van der Waals surface area contributed by atoms with Gasteiger partial charge in [-0.25, -0.2) is 4.79 Å². The molecule has 2 N–H and O–H groups in total. The average molecular weight is 350 g/mol. The average Bonchev–Trinajstić information content (AvgIpc) is 2.74. The van der Waals surface area contributed by atoms with Crippen molar-refractivity contribution in [3.05, 3.63) is 45.8 Å². The van der Waals surface area contributed by atoms with Gasteiger partial charge in [-0.1, -0.05) is 11.8 Å². The molecule has 24 heavy (non-hydrogen) atoms. The van der Waals surface area contributed by atoms with Gasteiger partial charge in [0.25, 0.3) is 5.69 Å². The van der Waals surface area contributed by atoms with Crippen LogP contribution in [0.5, 0.6) is 0 Å². The van der Waals surface area contributed by atoms with E-state index in [0.717, 1.165) is 21.2 Å². The number of hydrogen-bond acceptors (Lipinski definition) is 5. The standard InChI is InChI=1S/C15H18N4O4S/c1-9(16-15(20)21)8-18-11(3)14(10(2)17-18)24-13-6-4-12(5-7-13)19(22)23/h4-7,9,16H,8H2,1-3H3,(H,20,21)/t9-/m0/s1. The zero-order valence-electron chi connectivity index (χ0n) is 13.5. The molecule has 1 aromatic carbocycles. The fourth-order valence-electron chi connectivity index (χ4n) is 2.28. The molecular formula is C15H18N4O4S. The maximum absolute atomic E-state index is 10.7. The number of carboxylic acid groups (broad SMARTS) is 1. The molecule has 0 radical (unpaired) electrons. The molecule has 0 aliphatic rings. The van der Waals surface area contributed by atoms with E-state index in [1.54, 1.807) is 23.7 Å². The third-order valence-corrected chi connectivity index (χ3v) is 4.70. The third kappa shape index (κ3) is 4.25. The van der Waals surface area contributed by atoms with Crippen molar-refractivity contribution in [3.63, 3.8) is 0 Å². The number of amides is 1. The highest BCUT2D eigenvalue weighted by atomic mass is 32.2. The van der Waals surface area contributed by atoms with Crippen molar-refractivity contribution in [1.29, 1.82) is 0 Å². The van der Waals surface area contributed by atoms with Gasteiger partial charge in [0.05, 0.1) is 22.1 Å². The Bertz CT molecular complexity index is 758. The Labute approximate surface area is 143 Å². The number of aryl methyl sites for hydroxylation is 1. The van der Waals surface area contributed by atoms with Gasteiger partial charge in [0.15, 0.2) is 0 Å². The van der Waals surface area contributed by atoms with Crippen LogP contribution in [0, 0.1) is 24.0 Å². The largest absolute Gasteiger partial charge is 0.465 e. The second-order valence-electron chi connectivity index (χ2n) is 5.39. The summed E-state index contributed by atoms with van der Waals surface area (Å²) in [5.41, 5.74) is 1.81. The van der Waals surface area contributed by atoms with Gasteiger partial charge < -0.3 is 10.4 Å². The molecule has 0 saturated carbocycles. The molecule has 8 nitrogen and oxygen atoms in total. The molecule has 9 heteroatoms. The van der Waals surface area contributed by atoms with Crippen LogP contribution in [0.4, 0.5) is 10.5 Å². The minimum Gasteiger partial charge on any atom is -0.465 e. The fourth-order valence-corrected chi connectivity index (χ4v) is 3.23. The van der Waals surface area contributed by atoms with E-state index in [9.17, 15) is 14.9 Å². The maximum atomic E-state index is 10.7. The number of nitrogens with one attached hydrogen (secondary N) is 1. The van der Waals surface area contributed by atoms with Crippen LogP contribution in [-0.2, 0) is 6.54 Å². The van der Waals surface area contributed by atoms with Gasteiger partial charge in [-0.3, -0.25) is 14.8 Å². The lowest BCUT2D eigenvalue weighted by molar-refractivity contribution is -0.384. The summed E-state index contributed by atoms with van der Waals surface area (Å²) in [4.78, 5) is 22.8. The molecule has 0 spiro atoms. The van der Waals surface area contributed by atoms with Crippen molar-refractivity contribution in [2.75, 3.05) is 0 Å². The first-order valence-electron chi connectivity index (χ1n) is 7.23. The Balaban J connectivity index is 2.16. The van der Waals surface area contributed by atoms with E-state index in [4.69, 9.17) is 5.11 Å². The Hall–Kier alpha value is -2.55. The van der Waals surface area contributed by atoms with Gasteiger partial charge in [-0.05, 0) is 32.9 Å². The highest BCUT2D eigenvalue weighted by Gasteiger charge is 2.16. The summed E-state index contributed by atoms with van der Waals surface area (Å²) in [5, 5.41) is 26.3. The van der Waals surface area contributed by atoms with Gasteiger partial charge >= 0.3 is 6.09 Å². The van der Waals surface area contributed by atoms with Crippen molar-refractivity contribution in [1.82, 2.24) is 15.1 Å². The SMILES string of the molecule is Cc1nn(C[C@H](C)NC(=O)O)c(C)c1Sc1ccc([N+](=O)[O-])cc1. The molecule has 0 fully saturated rings. The van der Waals surface area contributed by atoms with Gasteiger partial charge in [0.2, 0.25) is 0 Å². The monoisotopic (exact) mass is 350 g/mol. The number of nitrogens with zero attached hydrogens (tertiary/aromatic N) is 3. The lowest BCUT2D eigenvalue weighted by Gasteiger charge is -2.12. The first kappa shape index (κ1) is 17.8. The smallest absolute Gasteiger partial charge is 0.404 e. The van der Waals surface area contributed by atoms with Crippen LogP contribution in [-0.4, -0.2) is 31.9 Å². The molecule has 0 bridgehead atoms. The summed E-state index contributed by atoms with van der Waals surface area (Å²) in [6.07, 6.45) is -1.07. The van der Waals surface area contributed by atoms with Crippen LogP contribution in [0.3, 0.4) is 0 Å². The quantitative estimate of drug-likeness (QED) is 0.611. The van der Waals surface area contributed by atoms with Gasteiger partial charge in [-0.15, -0.1) is 0 Å². The number of hydrogen-bond donors (Lipinski definition) is 2. The minimum absolute atomic E-state index is 0.0528. The summed E-state index contributed by atoms with van der Waals surface area (Å²) in [7, 11) is 0. The number of benzene rings is 1. The summed E-state index contributed by atoms with van der Waals surface area (Å²) >= 11 is 1.48. The van der Waals surface area contributed by atoms with Crippen molar-refractivity contribution >= 4 is 23.5 Å². The number of nitro benzene ring substituents is 1. The summed E-state index contributed by atoms with van der Waals surface area (Å²) in [6, 6.07) is 6.08. The van der Waals surface area contributed by atoms with Crippen LogP contribution < -0.4 is 5.32 Å². The minimum atomic E-state index is -1.07. The zero-order chi connectivity index (χ0) is 17.9. The third-order valence-electron chi connectivity index (χ3n) is 3.40. The predicted octanol–water partition coefficient (Wildman–Crippen LogP) is 3.22. The Kier molecular flexibility index (Phi) is 5.45. The van der Waals surface area contributed by atoms with Crippen LogP contribution in [0.25, 0.3) is 0 Å². The summed E-state index contributed by atoms with van der Waals surface area (Å²) in [6.45, 7) is 6.00. The normalized spacial score (nSPS) is 12.0. The number of carbonyl (C=O) groups is 1. The molecule has 0 unspecified atom stereocenters. The molecule has 2 aromatic rings. The molecule has 0 saturated heterocycles. The molecule has 1 heterocycles. The second kappa shape index (κ2) is 7.35. The molecule has 1 aromatic heterocycles. The number of aromatic nitrogens is 2. The van der Waals surface area contributed by atoms with E-state index in [1.165, 1.54) is 23.9 Å². The van der Waals surface area contributed by atoms with E-state index in [1.807, 2.05) is 13.8 Å². The second-order valence-corrected chi connectivity index (χ2v) is 6.47. The lowest BCUT2D eigenvalue weighted by Crippen LogP contribution is -2.35. The van der Waals surface area contributed by atoms with Gasteiger partial charge in [-0.2, -0.15) is 5.10 Å². The van der Waals surface area contributed by atoms with Crippen molar-refractivity contribution in [3.8, 4) is 0 Å². The van der Waals surface area contributed by atoms with E-state index in [2.05, 4.69) is 10.4 Å². The molecule has 0 aliphatic heterocycles. The van der Waals surface area contributed by atoms with Crippen molar-refractivity contribution in [2.24, 2.45) is 0 Å². The van der Waals surface area contributed by atoms with Crippen LogP contribution in [0.15, 0.2) is 34.1 Å². The van der Waals surface area contributed by atoms with E-state index in [0.29, 0.717) is 6.54 Å². The van der Waals surface area contributed by atoms with E-state index < -0.39 is 11.0 Å². The fraction of sp³-hybridized carbons (Fsp3) is 0.333.